The molecule has 18 heavy (non-hydrogen) atoms. The van der Waals surface area contributed by atoms with Gasteiger partial charge in [0.25, 0.3) is 0 Å². The third kappa shape index (κ3) is 1.38. The monoisotopic (exact) mass is 243 g/mol. The number of methoxy groups -OCH3 is 1. The van der Waals surface area contributed by atoms with E-state index in [1.165, 1.54) is 7.11 Å². The molecule has 2 aromatic rings. The van der Waals surface area contributed by atoms with Crippen molar-refractivity contribution in [3.8, 4) is 0 Å². The van der Waals surface area contributed by atoms with E-state index in [1.54, 1.807) is 6.20 Å². The van der Waals surface area contributed by atoms with Crippen LogP contribution < -0.4 is 0 Å². The van der Waals surface area contributed by atoms with Crippen molar-refractivity contribution in [1.29, 1.82) is 0 Å². The molecule has 1 N–H and O–H groups in total. The standard InChI is InChI=1S/C14H13NO3/c1-18-13(17)14(6-7-14)12(16)10-8-15-11-5-3-2-4-9(10)11/h2-5,8,15H,6-7H2,1H3. The molecule has 1 aliphatic carbocycles. The van der Waals surface area contributed by atoms with Gasteiger partial charge in [0.1, 0.15) is 5.41 Å². The third-order valence-corrected chi connectivity index (χ3v) is 3.59. The molecule has 1 aromatic carbocycles. The molecule has 0 saturated heterocycles. The normalized spacial score (nSPS) is 16.5. The molecule has 0 unspecified atom stereocenters. The highest BCUT2D eigenvalue weighted by molar-refractivity contribution is 6.19. The SMILES string of the molecule is COC(=O)C1(C(=O)c2c[nH]c3ccccc23)CC1. The van der Waals surface area contributed by atoms with Gasteiger partial charge in [0, 0.05) is 22.7 Å². The molecule has 4 nitrogen and oxygen atoms in total. The summed E-state index contributed by atoms with van der Waals surface area (Å²) in [5.74, 6) is -0.551. The van der Waals surface area contributed by atoms with Crippen LogP contribution in [-0.4, -0.2) is 23.8 Å². The van der Waals surface area contributed by atoms with E-state index < -0.39 is 11.4 Å². The molecule has 0 atom stereocenters. The highest BCUT2D eigenvalue weighted by Gasteiger charge is 2.57. The lowest BCUT2D eigenvalue weighted by Gasteiger charge is -2.10. The Balaban J connectivity index is 2.06. The molecule has 0 aliphatic heterocycles. The zero-order valence-electron chi connectivity index (χ0n) is 10.0. The van der Waals surface area contributed by atoms with Crippen molar-refractivity contribution in [2.24, 2.45) is 5.41 Å². The predicted octanol–water partition coefficient (Wildman–Crippen LogP) is 2.30. The Morgan fingerprint density at radius 2 is 2.00 bits per heavy atom. The lowest BCUT2D eigenvalue weighted by Crippen LogP contribution is -2.27. The number of aromatic amines is 1. The second-order valence-electron chi connectivity index (χ2n) is 4.65. The number of hydrogen-bond donors (Lipinski definition) is 1. The largest absolute Gasteiger partial charge is 0.468 e. The fourth-order valence-electron chi connectivity index (χ4n) is 2.36. The fourth-order valence-corrected chi connectivity index (χ4v) is 2.36. The smallest absolute Gasteiger partial charge is 0.319 e. The first-order valence-electron chi connectivity index (χ1n) is 5.88. The second-order valence-corrected chi connectivity index (χ2v) is 4.65. The zero-order chi connectivity index (χ0) is 12.8. The van der Waals surface area contributed by atoms with E-state index in [1.807, 2.05) is 24.3 Å². The molecule has 0 bridgehead atoms. The van der Waals surface area contributed by atoms with Gasteiger partial charge in [-0.2, -0.15) is 0 Å². The quantitative estimate of drug-likeness (QED) is 0.511. The summed E-state index contributed by atoms with van der Waals surface area (Å²) in [4.78, 5) is 27.3. The molecule has 0 spiro atoms. The summed E-state index contributed by atoms with van der Waals surface area (Å²) in [6, 6.07) is 7.57. The topological polar surface area (TPSA) is 59.2 Å². The number of carbonyl (C=O) groups excluding carboxylic acids is 2. The number of Topliss-reactive ketones (excluding diaryl/α,β-unsaturated/α-hetero) is 1. The van der Waals surface area contributed by atoms with E-state index in [0.717, 1.165) is 10.9 Å². The van der Waals surface area contributed by atoms with Crippen LogP contribution in [0.25, 0.3) is 10.9 Å². The van der Waals surface area contributed by atoms with Gasteiger partial charge in [0.2, 0.25) is 0 Å². The zero-order valence-corrected chi connectivity index (χ0v) is 10.0. The van der Waals surface area contributed by atoms with Crippen LogP contribution in [0.5, 0.6) is 0 Å². The Hall–Kier alpha value is -2.10. The Labute approximate surface area is 104 Å². The lowest BCUT2D eigenvalue weighted by atomic mass is 9.94. The molecule has 92 valence electrons. The van der Waals surface area contributed by atoms with Crippen LogP contribution in [0.3, 0.4) is 0 Å². The Bertz CT molecular complexity index is 637. The van der Waals surface area contributed by atoms with Crippen molar-refractivity contribution in [3.05, 3.63) is 36.0 Å². The van der Waals surface area contributed by atoms with Crippen molar-refractivity contribution in [1.82, 2.24) is 4.98 Å². The maximum atomic E-state index is 12.5. The molecular formula is C14H13NO3. The first-order valence-corrected chi connectivity index (χ1v) is 5.88. The Kier molecular flexibility index (Phi) is 2.26. The van der Waals surface area contributed by atoms with Gasteiger partial charge < -0.3 is 9.72 Å². The molecular weight excluding hydrogens is 230 g/mol. The van der Waals surface area contributed by atoms with Crippen molar-refractivity contribution in [2.45, 2.75) is 12.8 Å². The van der Waals surface area contributed by atoms with Gasteiger partial charge in [-0.25, -0.2) is 0 Å². The van der Waals surface area contributed by atoms with Gasteiger partial charge in [-0.15, -0.1) is 0 Å². The minimum Gasteiger partial charge on any atom is -0.468 e. The molecule has 1 fully saturated rings. The maximum absolute atomic E-state index is 12.5. The van der Waals surface area contributed by atoms with Crippen LogP contribution in [0.15, 0.2) is 30.5 Å². The van der Waals surface area contributed by atoms with Crippen molar-refractivity contribution >= 4 is 22.7 Å². The molecule has 0 radical (unpaired) electrons. The Morgan fingerprint density at radius 1 is 1.28 bits per heavy atom. The Morgan fingerprint density at radius 3 is 2.67 bits per heavy atom. The maximum Gasteiger partial charge on any atom is 0.319 e. The molecule has 1 saturated carbocycles. The predicted molar refractivity (Wildman–Crippen MR) is 66.3 cm³/mol. The molecule has 1 heterocycles. The van der Waals surface area contributed by atoms with Crippen LogP contribution >= 0.6 is 0 Å². The van der Waals surface area contributed by atoms with Crippen molar-refractivity contribution in [3.63, 3.8) is 0 Å². The van der Waals surface area contributed by atoms with E-state index in [9.17, 15) is 9.59 Å². The summed E-state index contributed by atoms with van der Waals surface area (Å²) < 4.78 is 4.74. The van der Waals surface area contributed by atoms with E-state index in [2.05, 4.69) is 4.98 Å². The minimum absolute atomic E-state index is 0.133. The summed E-state index contributed by atoms with van der Waals surface area (Å²) >= 11 is 0. The third-order valence-electron chi connectivity index (χ3n) is 3.59. The average Bonchev–Trinajstić information content (AvgIpc) is 3.11. The molecule has 4 heteroatoms. The summed E-state index contributed by atoms with van der Waals surface area (Å²) in [6.07, 6.45) is 2.84. The molecule has 1 aromatic heterocycles. The molecule has 3 rings (SSSR count). The van der Waals surface area contributed by atoms with E-state index in [0.29, 0.717) is 18.4 Å². The van der Waals surface area contributed by atoms with Crippen LogP contribution in [-0.2, 0) is 9.53 Å². The van der Waals surface area contributed by atoms with E-state index in [-0.39, 0.29) is 5.78 Å². The van der Waals surface area contributed by atoms with E-state index >= 15 is 0 Å². The number of ketones is 1. The number of rotatable bonds is 3. The van der Waals surface area contributed by atoms with Gasteiger partial charge in [0.15, 0.2) is 5.78 Å². The summed E-state index contributed by atoms with van der Waals surface area (Å²) in [6.45, 7) is 0. The van der Waals surface area contributed by atoms with Crippen LogP contribution in [0, 0.1) is 5.41 Å². The van der Waals surface area contributed by atoms with Crippen molar-refractivity contribution < 1.29 is 14.3 Å². The number of hydrogen-bond acceptors (Lipinski definition) is 3. The highest BCUT2D eigenvalue weighted by Crippen LogP contribution is 2.49. The molecule has 1 aliphatic rings. The van der Waals surface area contributed by atoms with Gasteiger partial charge in [-0.1, -0.05) is 18.2 Å². The van der Waals surface area contributed by atoms with Gasteiger partial charge in [-0.05, 0) is 18.9 Å². The van der Waals surface area contributed by atoms with Crippen LogP contribution in [0.2, 0.25) is 0 Å². The lowest BCUT2D eigenvalue weighted by molar-refractivity contribution is -0.145. The second kappa shape index (κ2) is 3.70. The van der Waals surface area contributed by atoms with Gasteiger partial charge in [0.05, 0.1) is 7.11 Å². The van der Waals surface area contributed by atoms with E-state index in [4.69, 9.17) is 4.74 Å². The number of carbonyl (C=O) groups is 2. The average molecular weight is 243 g/mol. The number of esters is 1. The van der Waals surface area contributed by atoms with Gasteiger partial charge in [-0.3, -0.25) is 9.59 Å². The number of fused-ring (bicyclic) bond motifs is 1. The first-order chi connectivity index (χ1) is 8.69. The summed E-state index contributed by atoms with van der Waals surface area (Å²) in [5.41, 5.74) is 0.551. The van der Waals surface area contributed by atoms with Gasteiger partial charge >= 0.3 is 5.97 Å². The number of H-pyrrole nitrogens is 1. The first kappa shape index (κ1) is 11.0. The molecule has 0 amide bonds. The number of nitrogens with one attached hydrogen (secondary N) is 1. The van der Waals surface area contributed by atoms with Crippen LogP contribution in [0.4, 0.5) is 0 Å². The number of aromatic nitrogens is 1. The number of benzene rings is 1. The number of para-hydroxylation sites is 1. The fraction of sp³-hybridized carbons (Fsp3) is 0.286. The van der Waals surface area contributed by atoms with Crippen LogP contribution in [0.1, 0.15) is 23.2 Å². The minimum atomic E-state index is -0.931. The summed E-state index contributed by atoms with van der Waals surface area (Å²) in [7, 11) is 1.32. The highest BCUT2D eigenvalue weighted by atomic mass is 16.5. The van der Waals surface area contributed by atoms with Crippen molar-refractivity contribution in [2.75, 3.05) is 7.11 Å². The number of ether oxygens (including phenoxy) is 1. The summed E-state index contributed by atoms with van der Waals surface area (Å²) in [5, 5.41) is 0.859.